The van der Waals surface area contributed by atoms with Gasteiger partial charge in [-0.15, -0.1) is 0 Å². The Balaban J connectivity index is 1.83. The van der Waals surface area contributed by atoms with E-state index < -0.39 is 0 Å². The van der Waals surface area contributed by atoms with E-state index in [0.717, 1.165) is 12.8 Å². The van der Waals surface area contributed by atoms with Gasteiger partial charge in [0.1, 0.15) is 0 Å². The lowest BCUT2D eigenvalue weighted by Crippen LogP contribution is -2.25. The lowest BCUT2D eigenvalue weighted by Gasteiger charge is -2.13. The number of benzene rings is 2. The van der Waals surface area contributed by atoms with E-state index in [1.807, 2.05) is 6.92 Å². The minimum absolute atomic E-state index is 0.232. The van der Waals surface area contributed by atoms with Crippen LogP contribution >= 0.6 is 11.6 Å². The highest BCUT2D eigenvalue weighted by molar-refractivity contribution is 6.32. The number of rotatable bonds is 5. The maximum atomic E-state index is 12.7. The molecular weight excluding hydrogens is 368 g/mol. The highest BCUT2D eigenvalue weighted by Crippen LogP contribution is 2.38. The fourth-order valence-electron chi connectivity index (χ4n) is 2.68. The average molecular weight is 389 g/mol. The van der Waals surface area contributed by atoms with Crippen molar-refractivity contribution in [3.05, 3.63) is 52.5 Å². The lowest BCUT2D eigenvalue weighted by molar-refractivity contribution is 0.0954. The Morgan fingerprint density at radius 1 is 1.11 bits per heavy atom. The molecule has 1 aliphatic heterocycles. The molecule has 0 atom stereocenters. The maximum Gasteiger partial charge on any atom is 0.255 e. The van der Waals surface area contributed by atoms with Crippen LogP contribution in [0, 0.1) is 0 Å². The van der Waals surface area contributed by atoms with Crippen molar-refractivity contribution in [2.24, 2.45) is 0 Å². The Bertz CT molecular complexity index is 854. The maximum absolute atomic E-state index is 12.7. The minimum atomic E-state index is -0.386. The molecule has 2 amide bonds. The molecule has 0 spiro atoms. The Labute approximate surface area is 162 Å². The largest absolute Gasteiger partial charge is 0.489 e. The summed E-state index contributed by atoms with van der Waals surface area (Å²) in [5, 5.41) is 5.90. The van der Waals surface area contributed by atoms with Gasteiger partial charge in [-0.05, 0) is 30.7 Å². The molecule has 0 fully saturated rings. The van der Waals surface area contributed by atoms with Crippen molar-refractivity contribution in [3.63, 3.8) is 0 Å². The van der Waals surface area contributed by atoms with Crippen LogP contribution in [0.5, 0.6) is 11.5 Å². The van der Waals surface area contributed by atoms with Crippen molar-refractivity contribution in [3.8, 4) is 11.5 Å². The first-order valence-electron chi connectivity index (χ1n) is 8.88. The van der Waals surface area contributed by atoms with E-state index in [2.05, 4.69) is 10.6 Å². The first-order valence-corrected chi connectivity index (χ1v) is 9.25. The van der Waals surface area contributed by atoms with Crippen LogP contribution in [0.25, 0.3) is 0 Å². The average Bonchev–Trinajstić information content (AvgIpc) is 2.92. The van der Waals surface area contributed by atoms with Crippen molar-refractivity contribution in [2.75, 3.05) is 25.1 Å². The van der Waals surface area contributed by atoms with Gasteiger partial charge in [0, 0.05) is 18.5 Å². The summed E-state index contributed by atoms with van der Waals surface area (Å²) in [6, 6.07) is 9.99. The van der Waals surface area contributed by atoms with Crippen LogP contribution in [0.15, 0.2) is 36.4 Å². The van der Waals surface area contributed by atoms with Gasteiger partial charge in [-0.25, -0.2) is 0 Å². The fourth-order valence-corrected chi connectivity index (χ4v) is 2.95. The van der Waals surface area contributed by atoms with E-state index >= 15 is 0 Å². The number of anilines is 1. The van der Waals surface area contributed by atoms with Gasteiger partial charge in [-0.3, -0.25) is 9.59 Å². The zero-order valence-corrected chi connectivity index (χ0v) is 15.8. The van der Waals surface area contributed by atoms with Crippen LogP contribution < -0.4 is 20.1 Å². The molecule has 7 heteroatoms. The smallest absolute Gasteiger partial charge is 0.255 e. The third-order valence-electron chi connectivity index (χ3n) is 4.02. The van der Waals surface area contributed by atoms with Gasteiger partial charge in [0.2, 0.25) is 0 Å². The SMILES string of the molecule is CCCNC(=O)c1ccccc1NC(=O)c1cc(Cl)c2c(c1)OCCCO2. The molecule has 2 aromatic rings. The van der Waals surface area contributed by atoms with Crippen LogP contribution in [0.3, 0.4) is 0 Å². The monoisotopic (exact) mass is 388 g/mol. The second kappa shape index (κ2) is 8.77. The van der Waals surface area contributed by atoms with Crippen molar-refractivity contribution in [2.45, 2.75) is 19.8 Å². The highest BCUT2D eigenvalue weighted by atomic mass is 35.5. The minimum Gasteiger partial charge on any atom is -0.489 e. The van der Waals surface area contributed by atoms with Crippen LogP contribution in [0.2, 0.25) is 5.02 Å². The van der Waals surface area contributed by atoms with Crippen molar-refractivity contribution < 1.29 is 19.1 Å². The van der Waals surface area contributed by atoms with Gasteiger partial charge in [0.15, 0.2) is 11.5 Å². The van der Waals surface area contributed by atoms with Gasteiger partial charge < -0.3 is 20.1 Å². The number of nitrogens with one attached hydrogen (secondary N) is 2. The van der Waals surface area contributed by atoms with Crippen molar-refractivity contribution in [1.29, 1.82) is 0 Å². The van der Waals surface area contributed by atoms with E-state index in [9.17, 15) is 9.59 Å². The summed E-state index contributed by atoms with van der Waals surface area (Å²) >= 11 is 6.26. The van der Waals surface area contributed by atoms with Gasteiger partial charge in [-0.2, -0.15) is 0 Å². The predicted molar refractivity (Wildman–Crippen MR) is 104 cm³/mol. The second-order valence-corrected chi connectivity index (χ2v) is 6.50. The van der Waals surface area contributed by atoms with Gasteiger partial charge in [0.05, 0.1) is 29.5 Å². The van der Waals surface area contributed by atoms with Crippen molar-refractivity contribution in [1.82, 2.24) is 5.32 Å². The Kier molecular flexibility index (Phi) is 6.19. The Morgan fingerprint density at radius 2 is 1.89 bits per heavy atom. The summed E-state index contributed by atoms with van der Waals surface area (Å²) in [5.74, 6) is 0.275. The molecule has 0 aromatic heterocycles. The number of carbonyl (C=O) groups excluding carboxylic acids is 2. The highest BCUT2D eigenvalue weighted by Gasteiger charge is 2.20. The molecule has 0 saturated heterocycles. The van der Waals surface area contributed by atoms with E-state index in [1.165, 1.54) is 6.07 Å². The molecule has 1 heterocycles. The summed E-state index contributed by atoms with van der Waals surface area (Å²) in [6.45, 7) is 3.55. The molecule has 3 rings (SSSR count). The second-order valence-electron chi connectivity index (χ2n) is 6.09. The topological polar surface area (TPSA) is 76.7 Å². The van der Waals surface area contributed by atoms with E-state index in [0.29, 0.717) is 53.1 Å². The van der Waals surface area contributed by atoms with E-state index in [-0.39, 0.29) is 11.8 Å². The summed E-state index contributed by atoms with van der Waals surface area (Å²) in [6.07, 6.45) is 1.57. The van der Waals surface area contributed by atoms with Crippen LogP contribution in [-0.4, -0.2) is 31.6 Å². The number of hydrogen-bond acceptors (Lipinski definition) is 4. The third kappa shape index (κ3) is 4.52. The normalized spacial score (nSPS) is 12.8. The van der Waals surface area contributed by atoms with E-state index in [4.69, 9.17) is 21.1 Å². The number of halogens is 1. The molecule has 1 aliphatic rings. The summed E-state index contributed by atoms with van der Waals surface area (Å²) in [5.41, 5.74) is 1.16. The number of hydrogen-bond donors (Lipinski definition) is 2. The van der Waals surface area contributed by atoms with Crippen molar-refractivity contribution >= 4 is 29.1 Å². The molecule has 0 bridgehead atoms. The predicted octanol–water partition coefficient (Wildman–Crippen LogP) is 3.89. The first kappa shape index (κ1) is 19.0. The molecule has 2 N–H and O–H groups in total. The van der Waals surface area contributed by atoms with E-state index in [1.54, 1.807) is 30.3 Å². The molecule has 0 saturated carbocycles. The molecule has 142 valence electrons. The first-order chi connectivity index (χ1) is 13.1. The van der Waals surface area contributed by atoms with Gasteiger partial charge in [0.25, 0.3) is 11.8 Å². The Morgan fingerprint density at radius 3 is 2.70 bits per heavy atom. The number of fused-ring (bicyclic) bond motifs is 1. The fraction of sp³-hybridized carbons (Fsp3) is 0.300. The third-order valence-corrected chi connectivity index (χ3v) is 4.30. The molecular formula is C20H21ClN2O4. The quantitative estimate of drug-likeness (QED) is 0.814. The number of para-hydroxylation sites is 1. The molecule has 0 unspecified atom stereocenters. The number of carbonyl (C=O) groups is 2. The molecule has 27 heavy (non-hydrogen) atoms. The zero-order valence-electron chi connectivity index (χ0n) is 15.0. The summed E-state index contributed by atoms with van der Waals surface area (Å²) < 4.78 is 11.2. The van der Waals surface area contributed by atoms with Gasteiger partial charge >= 0.3 is 0 Å². The zero-order chi connectivity index (χ0) is 19.2. The summed E-state index contributed by atoms with van der Waals surface area (Å²) in [7, 11) is 0. The number of amides is 2. The lowest BCUT2D eigenvalue weighted by atomic mass is 10.1. The molecule has 6 nitrogen and oxygen atoms in total. The molecule has 2 aromatic carbocycles. The number of ether oxygens (including phenoxy) is 2. The van der Waals surface area contributed by atoms with Crippen LogP contribution in [0.1, 0.15) is 40.5 Å². The van der Waals surface area contributed by atoms with Crippen LogP contribution in [-0.2, 0) is 0 Å². The summed E-state index contributed by atoms with van der Waals surface area (Å²) in [4.78, 5) is 25.0. The Hall–Kier alpha value is -2.73. The molecule has 0 aliphatic carbocycles. The standard InChI is InChI=1S/C20H21ClN2O4/c1-2-8-22-20(25)14-6-3-4-7-16(14)23-19(24)13-11-15(21)18-17(12-13)26-9-5-10-27-18/h3-4,6-7,11-12H,2,5,8-10H2,1H3,(H,22,25)(H,23,24). The molecule has 0 radical (unpaired) electrons. The van der Waals surface area contributed by atoms with Gasteiger partial charge in [-0.1, -0.05) is 30.7 Å². The van der Waals surface area contributed by atoms with Crippen LogP contribution in [0.4, 0.5) is 5.69 Å².